The van der Waals surface area contributed by atoms with E-state index in [0.717, 1.165) is 5.56 Å². The molecule has 0 radical (unpaired) electrons. The first-order chi connectivity index (χ1) is 7.18. The number of Topliss-reactive ketones (excluding diaryl/α,β-unsaturated/α-hetero) is 1. The molecule has 0 saturated heterocycles. The molecule has 0 heterocycles. The smallest absolute Gasteiger partial charge is 0.224 e. The predicted molar refractivity (Wildman–Crippen MR) is 54.9 cm³/mol. The van der Waals surface area contributed by atoms with E-state index in [1.54, 1.807) is 0 Å². The molecule has 1 rings (SSSR count). The number of benzene rings is 1. The van der Waals surface area contributed by atoms with Crippen LogP contribution in [0.15, 0.2) is 30.3 Å². The van der Waals surface area contributed by atoms with E-state index in [1.807, 2.05) is 30.3 Å². The molecular weight excluding hydrogens is 194 g/mol. The standard InChI is InChI=1S/C11H13NO3/c12-11(14)6-10(13)8-15-7-9-4-2-1-3-5-9/h1-5H,6-8H2,(H2,12,14). The molecule has 0 aromatic heterocycles. The highest BCUT2D eigenvalue weighted by Gasteiger charge is 2.05. The van der Waals surface area contributed by atoms with Gasteiger partial charge in [0.1, 0.15) is 6.61 Å². The largest absolute Gasteiger partial charge is 0.369 e. The fourth-order valence-corrected chi connectivity index (χ4v) is 1.10. The monoisotopic (exact) mass is 207 g/mol. The van der Waals surface area contributed by atoms with Crippen LogP contribution in [-0.4, -0.2) is 18.3 Å². The summed E-state index contributed by atoms with van der Waals surface area (Å²) < 4.78 is 5.13. The van der Waals surface area contributed by atoms with Crippen molar-refractivity contribution >= 4 is 11.7 Å². The van der Waals surface area contributed by atoms with E-state index in [2.05, 4.69) is 0 Å². The number of carbonyl (C=O) groups excluding carboxylic acids is 2. The summed E-state index contributed by atoms with van der Waals surface area (Å²) in [6, 6.07) is 9.49. The molecular formula is C11H13NO3. The van der Waals surface area contributed by atoms with Crippen LogP contribution in [0.2, 0.25) is 0 Å². The van der Waals surface area contributed by atoms with Crippen LogP contribution in [0.1, 0.15) is 12.0 Å². The number of rotatable bonds is 6. The van der Waals surface area contributed by atoms with E-state index < -0.39 is 5.91 Å². The third-order valence-corrected chi connectivity index (χ3v) is 1.75. The molecule has 0 atom stereocenters. The fourth-order valence-electron chi connectivity index (χ4n) is 1.10. The molecule has 0 fully saturated rings. The average molecular weight is 207 g/mol. The first-order valence-corrected chi connectivity index (χ1v) is 4.60. The summed E-state index contributed by atoms with van der Waals surface area (Å²) in [4.78, 5) is 21.4. The van der Waals surface area contributed by atoms with Crippen molar-refractivity contribution in [2.45, 2.75) is 13.0 Å². The van der Waals surface area contributed by atoms with E-state index >= 15 is 0 Å². The maximum absolute atomic E-state index is 11.0. The second kappa shape index (κ2) is 5.93. The number of ketones is 1. The summed E-state index contributed by atoms with van der Waals surface area (Å²) in [5.41, 5.74) is 5.85. The maximum Gasteiger partial charge on any atom is 0.224 e. The molecule has 0 unspecified atom stereocenters. The Hall–Kier alpha value is -1.68. The number of carbonyl (C=O) groups is 2. The van der Waals surface area contributed by atoms with Gasteiger partial charge in [0, 0.05) is 0 Å². The average Bonchev–Trinajstić information content (AvgIpc) is 2.18. The highest BCUT2D eigenvalue weighted by Crippen LogP contribution is 2.00. The Morgan fingerprint density at radius 1 is 1.20 bits per heavy atom. The third kappa shape index (κ3) is 4.93. The number of ether oxygens (including phenoxy) is 1. The van der Waals surface area contributed by atoms with Gasteiger partial charge in [-0.25, -0.2) is 0 Å². The molecule has 80 valence electrons. The minimum Gasteiger partial charge on any atom is -0.369 e. The lowest BCUT2D eigenvalue weighted by molar-refractivity contribution is -0.129. The molecule has 15 heavy (non-hydrogen) atoms. The van der Waals surface area contributed by atoms with Gasteiger partial charge in [-0.05, 0) is 5.56 Å². The Balaban J connectivity index is 2.22. The van der Waals surface area contributed by atoms with Gasteiger partial charge in [-0.15, -0.1) is 0 Å². The van der Waals surface area contributed by atoms with Gasteiger partial charge in [-0.3, -0.25) is 9.59 Å². The van der Waals surface area contributed by atoms with Gasteiger partial charge in [0.15, 0.2) is 5.78 Å². The Morgan fingerprint density at radius 3 is 2.47 bits per heavy atom. The Kier molecular flexibility index (Phi) is 4.50. The molecule has 0 spiro atoms. The van der Waals surface area contributed by atoms with E-state index in [0.29, 0.717) is 6.61 Å². The highest BCUT2D eigenvalue weighted by molar-refractivity contribution is 5.97. The zero-order valence-electron chi connectivity index (χ0n) is 8.31. The summed E-state index contributed by atoms with van der Waals surface area (Å²) in [5.74, 6) is -0.915. The SMILES string of the molecule is NC(=O)CC(=O)COCc1ccccc1. The molecule has 1 amide bonds. The lowest BCUT2D eigenvalue weighted by Crippen LogP contribution is -2.19. The lowest BCUT2D eigenvalue weighted by Gasteiger charge is -2.02. The van der Waals surface area contributed by atoms with Crippen molar-refractivity contribution in [1.29, 1.82) is 0 Å². The Bertz CT molecular complexity index is 335. The minimum absolute atomic E-state index is 0.0716. The third-order valence-electron chi connectivity index (χ3n) is 1.75. The van der Waals surface area contributed by atoms with Crippen molar-refractivity contribution in [3.63, 3.8) is 0 Å². The molecule has 0 bridgehead atoms. The summed E-state index contributed by atoms with van der Waals surface area (Å²) in [6.45, 7) is 0.295. The van der Waals surface area contributed by atoms with Crippen molar-refractivity contribution in [2.24, 2.45) is 5.73 Å². The van der Waals surface area contributed by atoms with E-state index in [-0.39, 0.29) is 18.8 Å². The molecule has 1 aromatic rings. The van der Waals surface area contributed by atoms with Gasteiger partial charge < -0.3 is 10.5 Å². The number of hydrogen-bond acceptors (Lipinski definition) is 3. The Morgan fingerprint density at radius 2 is 1.87 bits per heavy atom. The number of primary amides is 1. The van der Waals surface area contributed by atoms with Gasteiger partial charge in [-0.2, -0.15) is 0 Å². The van der Waals surface area contributed by atoms with E-state index in [9.17, 15) is 9.59 Å². The van der Waals surface area contributed by atoms with Crippen LogP contribution in [0.4, 0.5) is 0 Å². The Labute approximate surface area is 88.0 Å². The zero-order chi connectivity index (χ0) is 11.1. The fraction of sp³-hybridized carbons (Fsp3) is 0.273. The molecule has 2 N–H and O–H groups in total. The van der Waals surface area contributed by atoms with Crippen molar-refractivity contribution < 1.29 is 14.3 Å². The van der Waals surface area contributed by atoms with Crippen molar-refractivity contribution in [3.05, 3.63) is 35.9 Å². The second-order valence-corrected chi connectivity index (χ2v) is 3.16. The molecule has 4 nitrogen and oxygen atoms in total. The van der Waals surface area contributed by atoms with Gasteiger partial charge in [0.2, 0.25) is 5.91 Å². The molecule has 0 aliphatic carbocycles. The van der Waals surface area contributed by atoms with E-state index in [1.165, 1.54) is 0 Å². The number of hydrogen-bond donors (Lipinski definition) is 1. The normalized spacial score (nSPS) is 9.87. The van der Waals surface area contributed by atoms with Gasteiger partial charge >= 0.3 is 0 Å². The quantitative estimate of drug-likeness (QED) is 0.696. The first-order valence-electron chi connectivity index (χ1n) is 4.60. The summed E-state index contributed by atoms with van der Waals surface area (Å²) in [7, 11) is 0. The minimum atomic E-state index is -0.622. The van der Waals surface area contributed by atoms with Gasteiger partial charge in [0.25, 0.3) is 0 Å². The molecule has 0 saturated carbocycles. The molecule has 1 aromatic carbocycles. The molecule has 0 aliphatic heterocycles. The predicted octanol–water partition coefficient (Wildman–Crippen LogP) is 0.648. The van der Waals surface area contributed by atoms with Crippen LogP contribution < -0.4 is 5.73 Å². The number of nitrogens with two attached hydrogens (primary N) is 1. The van der Waals surface area contributed by atoms with Crippen molar-refractivity contribution in [2.75, 3.05) is 6.61 Å². The van der Waals surface area contributed by atoms with Crippen molar-refractivity contribution in [3.8, 4) is 0 Å². The first kappa shape index (κ1) is 11.4. The van der Waals surface area contributed by atoms with Crippen LogP contribution in [0.3, 0.4) is 0 Å². The van der Waals surface area contributed by atoms with Crippen molar-refractivity contribution in [1.82, 2.24) is 0 Å². The summed E-state index contributed by atoms with van der Waals surface area (Å²) >= 11 is 0. The molecule has 0 aliphatic rings. The van der Waals surface area contributed by atoms with E-state index in [4.69, 9.17) is 10.5 Å². The maximum atomic E-state index is 11.0. The topological polar surface area (TPSA) is 69.4 Å². The second-order valence-electron chi connectivity index (χ2n) is 3.16. The lowest BCUT2D eigenvalue weighted by atomic mass is 10.2. The van der Waals surface area contributed by atoms with Gasteiger partial charge in [-0.1, -0.05) is 30.3 Å². The summed E-state index contributed by atoms with van der Waals surface area (Å²) in [5, 5.41) is 0. The van der Waals surface area contributed by atoms with Crippen LogP contribution in [-0.2, 0) is 20.9 Å². The van der Waals surface area contributed by atoms with Gasteiger partial charge in [0.05, 0.1) is 13.0 Å². The molecule has 4 heteroatoms. The van der Waals surface area contributed by atoms with Crippen LogP contribution in [0.25, 0.3) is 0 Å². The van der Waals surface area contributed by atoms with Crippen LogP contribution >= 0.6 is 0 Å². The number of amides is 1. The summed E-state index contributed by atoms with van der Waals surface area (Å²) in [6.07, 6.45) is -0.255. The van der Waals surface area contributed by atoms with Crippen LogP contribution in [0.5, 0.6) is 0 Å². The zero-order valence-corrected chi connectivity index (χ0v) is 8.31. The highest BCUT2D eigenvalue weighted by atomic mass is 16.5. The van der Waals surface area contributed by atoms with Crippen LogP contribution in [0, 0.1) is 0 Å².